The van der Waals surface area contributed by atoms with Crippen molar-refractivity contribution in [1.82, 2.24) is 0 Å². The molecule has 0 bridgehead atoms. The molecule has 1 aliphatic heterocycles. The number of hydrogen-bond acceptors (Lipinski definition) is 4. The molecule has 0 aliphatic carbocycles. The molecule has 1 atom stereocenters. The van der Waals surface area contributed by atoms with Crippen molar-refractivity contribution in [2.24, 2.45) is 0 Å². The zero-order chi connectivity index (χ0) is 11.3. The van der Waals surface area contributed by atoms with Crippen LogP contribution in [0.5, 0.6) is 0 Å². The molecule has 1 rings (SSSR count). The van der Waals surface area contributed by atoms with Crippen molar-refractivity contribution in [3.05, 3.63) is 0 Å². The first-order chi connectivity index (χ1) is 7.03. The summed E-state index contributed by atoms with van der Waals surface area (Å²) in [7, 11) is 0. The number of unbranched alkanes of at least 4 members (excludes halogenated alkanes) is 1. The number of hydrogen-bond donors (Lipinski definition) is 0. The van der Waals surface area contributed by atoms with Gasteiger partial charge in [-0.15, -0.1) is 0 Å². The minimum absolute atomic E-state index is 0.120. The van der Waals surface area contributed by atoms with Crippen molar-refractivity contribution in [3.63, 3.8) is 0 Å². The van der Waals surface area contributed by atoms with Gasteiger partial charge in [0.2, 0.25) is 0 Å². The maximum absolute atomic E-state index is 11.2. The Hall–Kier alpha value is -0.610. The average Bonchev–Trinajstić information content (AvgIpc) is 2.52. The predicted octanol–water partition coefficient (Wildman–Crippen LogP) is 1.87. The fourth-order valence-corrected chi connectivity index (χ4v) is 1.42. The molecule has 1 saturated heterocycles. The van der Waals surface area contributed by atoms with Gasteiger partial charge in [-0.05, 0) is 20.3 Å². The highest BCUT2D eigenvalue weighted by Crippen LogP contribution is 2.22. The van der Waals surface area contributed by atoms with Gasteiger partial charge in [0.25, 0.3) is 0 Å². The smallest absolute Gasteiger partial charge is 0.305 e. The van der Waals surface area contributed by atoms with E-state index in [2.05, 4.69) is 0 Å². The minimum Gasteiger partial charge on any atom is -0.463 e. The van der Waals surface area contributed by atoms with Crippen LogP contribution in [0.2, 0.25) is 0 Å². The lowest BCUT2D eigenvalue weighted by Gasteiger charge is -2.16. The Kier molecular flexibility index (Phi) is 4.54. The third-order valence-electron chi connectivity index (χ3n) is 2.23. The third kappa shape index (κ3) is 4.62. The number of carbonyl (C=O) groups excluding carboxylic acids is 1. The maximum Gasteiger partial charge on any atom is 0.305 e. The molecule has 1 fully saturated rings. The summed E-state index contributed by atoms with van der Waals surface area (Å²) in [5.74, 6) is -0.689. The molecular formula is C11H20O4. The van der Waals surface area contributed by atoms with Crippen LogP contribution in [-0.2, 0) is 19.0 Å². The van der Waals surface area contributed by atoms with Crippen LogP contribution in [0.3, 0.4) is 0 Å². The van der Waals surface area contributed by atoms with Gasteiger partial charge in [0, 0.05) is 6.42 Å². The van der Waals surface area contributed by atoms with Gasteiger partial charge in [-0.2, -0.15) is 0 Å². The summed E-state index contributed by atoms with van der Waals surface area (Å²) in [5, 5.41) is 0. The molecule has 4 nitrogen and oxygen atoms in total. The van der Waals surface area contributed by atoms with Crippen molar-refractivity contribution < 1.29 is 19.0 Å². The Morgan fingerprint density at radius 1 is 1.53 bits per heavy atom. The molecule has 0 amide bonds. The molecule has 88 valence electrons. The molecule has 15 heavy (non-hydrogen) atoms. The molecule has 1 heterocycles. The molecule has 0 saturated carbocycles. The van der Waals surface area contributed by atoms with Crippen molar-refractivity contribution in [2.75, 3.05) is 13.2 Å². The number of esters is 1. The first-order valence-corrected chi connectivity index (χ1v) is 5.51. The minimum atomic E-state index is -0.541. The SMILES string of the molecule is CCCCC(=O)OCC1COC(C)(C)O1. The highest BCUT2D eigenvalue weighted by Gasteiger charge is 2.33. The van der Waals surface area contributed by atoms with Crippen LogP contribution in [0.15, 0.2) is 0 Å². The van der Waals surface area contributed by atoms with Crippen LogP contribution in [0.25, 0.3) is 0 Å². The lowest BCUT2D eigenvalue weighted by molar-refractivity contribution is -0.158. The van der Waals surface area contributed by atoms with Gasteiger partial charge in [-0.1, -0.05) is 13.3 Å². The summed E-state index contributed by atoms with van der Waals surface area (Å²) in [5.41, 5.74) is 0. The first-order valence-electron chi connectivity index (χ1n) is 5.51. The molecular weight excluding hydrogens is 196 g/mol. The van der Waals surface area contributed by atoms with E-state index in [-0.39, 0.29) is 12.1 Å². The largest absolute Gasteiger partial charge is 0.463 e. The number of ether oxygens (including phenoxy) is 3. The summed E-state index contributed by atoms with van der Waals surface area (Å²) < 4.78 is 15.9. The summed E-state index contributed by atoms with van der Waals surface area (Å²) in [6, 6.07) is 0. The second kappa shape index (κ2) is 5.47. The Labute approximate surface area is 90.9 Å². The molecule has 0 aromatic carbocycles. The summed E-state index contributed by atoms with van der Waals surface area (Å²) in [6.45, 7) is 6.54. The zero-order valence-corrected chi connectivity index (χ0v) is 9.75. The van der Waals surface area contributed by atoms with E-state index in [4.69, 9.17) is 14.2 Å². The Morgan fingerprint density at radius 3 is 2.80 bits per heavy atom. The van der Waals surface area contributed by atoms with E-state index < -0.39 is 5.79 Å². The van der Waals surface area contributed by atoms with Crippen LogP contribution in [0.4, 0.5) is 0 Å². The normalized spacial score (nSPS) is 24.1. The lowest BCUT2D eigenvalue weighted by Crippen LogP contribution is -2.25. The molecule has 0 aromatic heterocycles. The predicted molar refractivity (Wildman–Crippen MR) is 55.4 cm³/mol. The third-order valence-corrected chi connectivity index (χ3v) is 2.23. The monoisotopic (exact) mass is 216 g/mol. The molecule has 1 aliphatic rings. The maximum atomic E-state index is 11.2. The van der Waals surface area contributed by atoms with Gasteiger partial charge in [-0.25, -0.2) is 0 Å². The molecule has 0 radical (unpaired) electrons. The van der Waals surface area contributed by atoms with E-state index in [0.717, 1.165) is 12.8 Å². The van der Waals surface area contributed by atoms with Crippen LogP contribution in [0.1, 0.15) is 40.0 Å². The molecule has 0 N–H and O–H groups in total. The van der Waals surface area contributed by atoms with Crippen molar-refractivity contribution >= 4 is 5.97 Å². The zero-order valence-electron chi connectivity index (χ0n) is 9.75. The van der Waals surface area contributed by atoms with Crippen molar-refractivity contribution in [2.45, 2.75) is 51.9 Å². The Bertz CT molecular complexity index is 213. The second-order valence-electron chi connectivity index (χ2n) is 4.24. The quantitative estimate of drug-likeness (QED) is 0.658. The van der Waals surface area contributed by atoms with Crippen LogP contribution in [0, 0.1) is 0 Å². The molecule has 1 unspecified atom stereocenters. The molecule has 0 spiro atoms. The fraction of sp³-hybridized carbons (Fsp3) is 0.909. The van der Waals surface area contributed by atoms with Gasteiger partial charge in [0.15, 0.2) is 5.79 Å². The fourth-order valence-electron chi connectivity index (χ4n) is 1.42. The summed E-state index contributed by atoms with van der Waals surface area (Å²) in [6.07, 6.45) is 2.26. The molecule has 0 aromatic rings. The van der Waals surface area contributed by atoms with Crippen LogP contribution in [-0.4, -0.2) is 31.1 Å². The van der Waals surface area contributed by atoms with E-state index in [1.807, 2.05) is 20.8 Å². The van der Waals surface area contributed by atoms with Gasteiger partial charge < -0.3 is 14.2 Å². The van der Waals surface area contributed by atoms with Crippen molar-refractivity contribution in [1.29, 1.82) is 0 Å². The lowest BCUT2D eigenvalue weighted by atomic mass is 10.2. The highest BCUT2D eigenvalue weighted by atomic mass is 16.7. The Morgan fingerprint density at radius 2 is 2.27 bits per heavy atom. The van der Waals surface area contributed by atoms with Gasteiger partial charge in [0.05, 0.1) is 6.61 Å². The highest BCUT2D eigenvalue weighted by molar-refractivity contribution is 5.69. The van der Waals surface area contributed by atoms with E-state index in [1.165, 1.54) is 0 Å². The Balaban J connectivity index is 2.13. The topological polar surface area (TPSA) is 44.8 Å². The van der Waals surface area contributed by atoms with E-state index in [1.54, 1.807) is 0 Å². The van der Waals surface area contributed by atoms with Gasteiger partial charge in [0.1, 0.15) is 12.7 Å². The standard InChI is InChI=1S/C11H20O4/c1-4-5-6-10(12)13-7-9-8-14-11(2,3)15-9/h9H,4-8H2,1-3H3. The van der Waals surface area contributed by atoms with Gasteiger partial charge in [-0.3, -0.25) is 4.79 Å². The van der Waals surface area contributed by atoms with E-state index in [9.17, 15) is 4.79 Å². The number of carbonyl (C=O) groups is 1. The first kappa shape index (κ1) is 12.5. The average molecular weight is 216 g/mol. The summed E-state index contributed by atoms with van der Waals surface area (Å²) in [4.78, 5) is 11.2. The number of rotatable bonds is 5. The van der Waals surface area contributed by atoms with Gasteiger partial charge >= 0.3 is 5.97 Å². The summed E-state index contributed by atoms with van der Waals surface area (Å²) >= 11 is 0. The van der Waals surface area contributed by atoms with Crippen molar-refractivity contribution in [3.8, 4) is 0 Å². The van der Waals surface area contributed by atoms with Crippen LogP contribution < -0.4 is 0 Å². The molecule has 4 heteroatoms. The van der Waals surface area contributed by atoms with E-state index >= 15 is 0 Å². The second-order valence-corrected chi connectivity index (χ2v) is 4.24. The van der Waals surface area contributed by atoms with E-state index in [0.29, 0.717) is 19.6 Å². The van der Waals surface area contributed by atoms with Crippen LogP contribution >= 0.6 is 0 Å².